The first-order chi connectivity index (χ1) is 9.60. The molecule has 1 saturated heterocycles. The predicted octanol–water partition coefficient (Wildman–Crippen LogP) is 2.02. The van der Waals surface area contributed by atoms with E-state index in [0.717, 1.165) is 51.9 Å². The fourth-order valence-corrected chi connectivity index (χ4v) is 3.20. The Hall–Kier alpha value is -0.160. The molecule has 1 heterocycles. The Bertz CT molecular complexity index is 257. The molecule has 0 aromatic heterocycles. The van der Waals surface area contributed by atoms with E-state index in [9.17, 15) is 5.11 Å². The second kappa shape index (κ2) is 8.98. The lowest BCUT2D eigenvalue weighted by Crippen LogP contribution is -2.51. The molecule has 1 fully saturated rings. The average molecular weight is 286 g/mol. The first-order valence-electron chi connectivity index (χ1n) is 8.32. The van der Waals surface area contributed by atoms with Gasteiger partial charge in [0.1, 0.15) is 0 Å². The Morgan fingerprint density at radius 2 is 2.10 bits per heavy atom. The maximum atomic E-state index is 9.69. The lowest BCUT2D eigenvalue weighted by Gasteiger charge is -2.39. The van der Waals surface area contributed by atoms with Crippen LogP contribution < -0.4 is 5.32 Å². The molecule has 1 aliphatic heterocycles. The molecule has 0 spiro atoms. The average Bonchev–Trinajstić information content (AvgIpc) is 2.46. The highest BCUT2D eigenvalue weighted by Crippen LogP contribution is 2.20. The van der Waals surface area contributed by atoms with Crippen molar-refractivity contribution in [1.82, 2.24) is 10.2 Å². The zero-order valence-electron chi connectivity index (χ0n) is 13.8. The van der Waals surface area contributed by atoms with Gasteiger partial charge >= 0.3 is 0 Å². The van der Waals surface area contributed by atoms with Gasteiger partial charge in [0.15, 0.2) is 0 Å². The van der Waals surface area contributed by atoms with Crippen LogP contribution in [0.4, 0.5) is 0 Å². The van der Waals surface area contributed by atoms with Gasteiger partial charge in [0.2, 0.25) is 0 Å². The minimum absolute atomic E-state index is 0.0889. The summed E-state index contributed by atoms with van der Waals surface area (Å²) in [5.74, 6) is 0. The minimum atomic E-state index is -0.0889. The van der Waals surface area contributed by atoms with Gasteiger partial charge in [-0.2, -0.15) is 0 Å². The summed E-state index contributed by atoms with van der Waals surface area (Å²) < 4.78 is 5.75. The summed E-state index contributed by atoms with van der Waals surface area (Å²) >= 11 is 0. The van der Waals surface area contributed by atoms with E-state index in [1.54, 1.807) is 0 Å². The van der Waals surface area contributed by atoms with Gasteiger partial charge in [-0.1, -0.05) is 20.8 Å². The Balaban J connectivity index is 2.44. The molecule has 20 heavy (non-hydrogen) atoms. The Morgan fingerprint density at radius 3 is 2.65 bits per heavy atom. The summed E-state index contributed by atoms with van der Waals surface area (Å²) in [5, 5.41) is 13.2. The van der Waals surface area contributed by atoms with Gasteiger partial charge in [-0.3, -0.25) is 4.90 Å². The number of hydrogen-bond acceptors (Lipinski definition) is 4. The lowest BCUT2D eigenvalue weighted by molar-refractivity contribution is -0.0568. The normalized spacial score (nSPS) is 27.4. The van der Waals surface area contributed by atoms with E-state index in [1.165, 1.54) is 0 Å². The van der Waals surface area contributed by atoms with E-state index in [2.05, 4.69) is 37.9 Å². The van der Waals surface area contributed by atoms with Gasteiger partial charge in [-0.15, -0.1) is 0 Å². The molecule has 4 heteroatoms. The van der Waals surface area contributed by atoms with Crippen LogP contribution in [0.2, 0.25) is 0 Å². The van der Waals surface area contributed by atoms with Crippen LogP contribution in [0.1, 0.15) is 53.4 Å². The molecule has 0 bridgehead atoms. The molecule has 0 aromatic rings. The van der Waals surface area contributed by atoms with E-state index in [4.69, 9.17) is 4.74 Å². The van der Waals surface area contributed by atoms with E-state index in [-0.39, 0.29) is 12.1 Å². The number of nitrogens with zero attached hydrogens (tertiary/aromatic N) is 1. The third kappa shape index (κ3) is 4.99. The number of likely N-dealkylation sites (N-methyl/N-ethyl adjacent to an activating group) is 1. The van der Waals surface area contributed by atoms with Gasteiger partial charge < -0.3 is 15.2 Å². The smallest absolute Gasteiger partial charge is 0.0674 e. The van der Waals surface area contributed by atoms with Crippen molar-refractivity contribution < 1.29 is 9.84 Å². The quantitative estimate of drug-likeness (QED) is 0.681. The summed E-state index contributed by atoms with van der Waals surface area (Å²) in [7, 11) is 0. The Morgan fingerprint density at radius 1 is 1.35 bits per heavy atom. The first-order valence-corrected chi connectivity index (χ1v) is 8.32. The van der Waals surface area contributed by atoms with Crippen LogP contribution in [0, 0.1) is 0 Å². The van der Waals surface area contributed by atoms with Gasteiger partial charge in [0, 0.05) is 18.1 Å². The molecule has 3 atom stereocenters. The predicted molar refractivity (Wildman–Crippen MR) is 84.1 cm³/mol. The number of nitrogens with one attached hydrogen (secondary N) is 1. The number of hydrogen-bond donors (Lipinski definition) is 2. The second-order valence-corrected chi connectivity index (χ2v) is 6.13. The highest BCUT2D eigenvalue weighted by Gasteiger charge is 2.28. The molecule has 1 rings (SSSR count). The van der Waals surface area contributed by atoms with Gasteiger partial charge in [0.25, 0.3) is 0 Å². The van der Waals surface area contributed by atoms with Gasteiger partial charge in [-0.05, 0) is 45.7 Å². The Kier molecular flexibility index (Phi) is 8.03. The molecular weight excluding hydrogens is 252 g/mol. The molecule has 4 nitrogen and oxygen atoms in total. The van der Waals surface area contributed by atoms with Gasteiger partial charge in [-0.25, -0.2) is 0 Å². The molecule has 120 valence electrons. The van der Waals surface area contributed by atoms with Crippen LogP contribution in [-0.2, 0) is 4.74 Å². The van der Waals surface area contributed by atoms with Crippen molar-refractivity contribution in [2.24, 2.45) is 0 Å². The molecule has 0 saturated carbocycles. The fraction of sp³-hybridized carbons (Fsp3) is 1.00. The molecule has 2 N–H and O–H groups in total. The maximum Gasteiger partial charge on any atom is 0.0674 e. The molecule has 3 unspecified atom stereocenters. The van der Waals surface area contributed by atoms with E-state index < -0.39 is 0 Å². The van der Waals surface area contributed by atoms with E-state index in [0.29, 0.717) is 12.1 Å². The van der Waals surface area contributed by atoms with Crippen molar-refractivity contribution in [1.29, 1.82) is 0 Å². The highest BCUT2D eigenvalue weighted by molar-refractivity contribution is 4.86. The molecule has 0 amide bonds. The van der Waals surface area contributed by atoms with Crippen LogP contribution in [0.3, 0.4) is 0 Å². The monoisotopic (exact) mass is 286 g/mol. The summed E-state index contributed by atoms with van der Waals surface area (Å²) in [6.07, 6.45) is 4.65. The van der Waals surface area contributed by atoms with E-state index >= 15 is 0 Å². The van der Waals surface area contributed by atoms with Crippen LogP contribution in [0.15, 0.2) is 0 Å². The van der Waals surface area contributed by atoms with Crippen molar-refractivity contribution in [3.8, 4) is 0 Å². The van der Waals surface area contributed by atoms with Crippen LogP contribution in [0.5, 0.6) is 0 Å². The number of rotatable bonds is 9. The Labute approximate surface area is 124 Å². The number of ether oxygens (including phenoxy) is 1. The summed E-state index contributed by atoms with van der Waals surface area (Å²) in [6, 6.07) is 0.565. The lowest BCUT2D eigenvalue weighted by atomic mass is 9.91. The largest absolute Gasteiger partial charge is 0.394 e. The highest BCUT2D eigenvalue weighted by atomic mass is 16.5. The molecule has 0 aromatic carbocycles. The molecule has 0 aliphatic carbocycles. The van der Waals surface area contributed by atoms with Crippen LogP contribution in [-0.4, -0.2) is 60.5 Å². The summed E-state index contributed by atoms with van der Waals surface area (Å²) in [5.41, 5.74) is -0.0889. The zero-order valence-corrected chi connectivity index (χ0v) is 13.8. The zero-order chi connectivity index (χ0) is 15.0. The molecular formula is C16H34N2O2. The van der Waals surface area contributed by atoms with Crippen molar-refractivity contribution >= 4 is 0 Å². The van der Waals surface area contributed by atoms with Crippen LogP contribution in [0.25, 0.3) is 0 Å². The van der Waals surface area contributed by atoms with Crippen molar-refractivity contribution in [3.63, 3.8) is 0 Å². The minimum Gasteiger partial charge on any atom is -0.394 e. The number of aliphatic hydroxyl groups is 1. The SMILES string of the molecule is CCNC(CC)(CO)CCCN1CC(C)OCC1CC. The first kappa shape index (κ1) is 17.9. The topological polar surface area (TPSA) is 44.7 Å². The third-order valence-corrected chi connectivity index (χ3v) is 4.68. The van der Waals surface area contributed by atoms with E-state index in [1.807, 2.05) is 0 Å². The molecule has 1 aliphatic rings. The second-order valence-electron chi connectivity index (χ2n) is 6.13. The van der Waals surface area contributed by atoms with Crippen molar-refractivity contribution in [3.05, 3.63) is 0 Å². The maximum absolute atomic E-state index is 9.69. The summed E-state index contributed by atoms with van der Waals surface area (Å²) in [4.78, 5) is 2.57. The number of morpholine rings is 1. The summed E-state index contributed by atoms with van der Waals surface area (Å²) in [6.45, 7) is 12.8. The van der Waals surface area contributed by atoms with Gasteiger partial charge in [0.05, 0.1) is 19.3 Å². The van der Waals surface area contributed by atoms with Crippen molar-refractivity contribution in [2.75, 3.05) is 32.8 Å². The fourth-order valence-electron chi connectivity index (χ4n) is 3.20. The standard InChI is InChI=1S/C16H34N2O2/c1-5-15-12-20-14(4)11-18(15)10-8-9-16(6-2,13-19)17-7-3/h14-15,17,19H,5-13H2,1-4H3. The van der Waals surface area contributed by atoms with Crippen LogP contribution >= 0.6 is 0 Å². The third-order valence-electron chi connectivity index (χ3n) is 4.68. The number of aliphatic hydroxyl groups excluding tert-OH is 1. The molecule has 0 radical (unpaired) electrons. The van der Waals surface area contributed by atoms with Crippen molar-refractivity contribution in [2.45, 2.75) is 71.1 Å².